The maximum atomic E-state index is 12.8. The Bertz CT molecular complexity index is 874. The number of rotatable bonds is 11. The summed E-state index contributed by atoms with van der Waals surface area (Å²) in [4.78, 5) is 68.4. The lowest BCUT2D eigenvalue weighted by Gasteiger charge is -2.29. The number of aliphatic carboxylic acids is 2. The number of carboxylic acids is 2. The monoisotopic (exact) mass is 468 g/mol. The topological polar surface area (TPSA) is 228 Å². The van der Waals surface area contributed by atoms with Crippen LogP contribution in [0.3, 0.4) is 0 Å². The van der Waals surface area contributed by atoms with Gasteiger partial charge in [-0.05, 0) is 19.8 Å². The van der Waals surface area contributed by atoms with Crippen LogP contribution in [0.1, 0.15) is 31.9 Å². The molecule has 0 spiro atoms. The highest BCUT2D eigenvalue weighted by Crippen LogP contribution is 2.19. The molecule has 2 heterocycles. The first-order chi connectivity index (χ1) is 15.5. The second-order valence-electron chi connectivity index (χ2n) is 7.80. The summed E-state index contributed by atoms with van der Waals surface area (Å²) < 4.78 is 0. The number of aliphatic hydroxyl groups excluding tert-OH is 1. The summed E-state index contributed by atoms with van der Waals surface area (Å²) in [5.74, 6) is -5.19. The van der Waals surface area contributed by atoms with Crippen LogP contribution < -0.4 is 16.4 Å². The van der Waals surface area contributed by atoms with Gasteiger partial charge >= 0.3 is 11.9 Å². The standard InChI is InChI=1S/C19H28N6O8/c1-9(26)15(20)18(31)25-4-2-3-13(25)17(30)23-11(6-14(27)28)16(29)24-12(19(32)33)5-10-7-21-8-22-10/h7-9,11-13,15,26H,2-6,20H2,1H3,(H,21,22)(H,23,30)(H,24,29)(H,27,28)(H,32,33). The van der Waals surface area contributed by atoms with Gasteiger partial charge in [-0.15, -0.1) is 0 Å². The first-order valence-corrected chi connectivity index (χ1v) is 10.3. The van der Waals surface area contributed by atoms with E-state index in [1.165, 1.54) is 24.3 Å². The highest BCUT2D eigenvalue weighted by atomic mass is 16.4. The van der Waals surface area contributed by atoms with Crippen molar-refractivity contribution in [2.75, 3.05) is 6.54 Å². The molecule has 8 N–H and O–H groups in total. The predicted octanol–water partition coefficient (Wildman–Crippen LogP) is -2.82. The Balaban J connectivity index is 2.11. The van der Waals surface area contributed by atoms with E-state index in [1.807, 2.05) is 0 Å². The summed E-state index contributed by atoms with van der Waals surface area (Å²) in [5.41, 5.74) is 6.11. The maximum absolute atomic E-state index is 12.8. The lowest BCUT2D eigenvalue weighted by Crippen LogP contribution is -2.58. The molecule has 0 aromatic carbocycles. The zero-order chi connectivity index (χ0) is 24.7. The van der Waals surface area contributed by atoms with Gasteiger partial charge in [0.05, 0.1) is 18.9 Å². The van der Waals surface area contributed by atoms with Crippen molar-refractivity contribution in [1.82, 2.24) is 25.5 Å². The molecule has 5 atom stereocenters. The minimum Gasteiger partial charge on any atom is -0.481 e. The van der Waals surface area contributed by atoms with E-state index in [-0.39, 0.29) is 19.4 Å². The van der Waals surface area contributed by atoms with Gasteiger partial charge in [0.1, 0.15) is 24.2 Å². The van der Waals surface area contributed by atoms with Crippen molar-refractivity contribution < 1.29 is 39.3 Å². The Labute approximate surface area is 188 Å². The Morgan fingerprint density at radius 3 is 2.48 bits per heavy atom. The SMILES string of the molecule is CC(O)C(N)C(=O)N1CCCC1C(=O)NC(CC(=O)O)C(=O)NC(Cc1cnc[nH]1)C(=O)O. The van der Waals surface area contributed by atoms with E-state index >= 15 is 0 Å². The molecule has 0 saturated carbocycles. The number of nitrogens with zero attached hydrogens (tertiary/aromatic N) is 2. The Morgan fingerprint density at radius 2 is 1.94 bits per heavy atom. The van der Waals surface area contributed by atoms with Gasteiger partial charge in [0.15, 0.2) is 0 Å². The number of aromatic nitrogens is 2. The molecule has 1 aromatic rings. The van der Waals surface area contributed by atoms with Crippen LogP contribution in [-0.4, -0.2) is 96.7 Å². The fourth-order valence-corrected chi connectivity index (χ4v) is 3.44. The van der Waals surface area contributed by atoms with Gasteiger partial charge in [-0.1, -0.05) is 0 Å². The van der Waals surface area contributed by atoms with Gasteiger partial charge in [-0.2, -0.15) is 0 Å². The van der Waals surface area contributed by atoms with E-state index < -0.39 is 66.4 Å². The largest absolute Gasteiger partial charge is 0.481 e. The van der Waals surface area contributed by atoms with Crippen LogP contribution >= 0.6 is 0 Å². The molecule has 33 heavy (non-hydrogen) atoms. The molecule has 1 aromatic heterocycles. The number of amides is 3. The third-order valence-electron chi connectivity index (χ3n) is 5.25. The molecule has 1 fully saturated rings. The van der Waals surface area contributed by atoms with Gasteiger partial charge in [0.25, 0.3) is 0 Å². The number of nitrogens with one attached hydrogen (secondary N) is 3. The lowest BCUT2D eigenvalue weighted by molar-refractivity contribution is -0.145. The molecule has 1 aliphatic rings. The number of carbonyl (C=O) groups is 5. The minimum atomic E-state index is -1.58. The van der Waals surface area contributed by atoms with Gasteiger partial charge in [0.2, 0.25) is 17.7 Å². The van der Waals surface area contributed by atoms with Crippen LogP contribution in [-0.2, 0) is 30.4 Å². The fraction of sp³-hybridized carbons (Fsp3) is 0.579. The fourth-order valence-electron chi connectivity index (χ4n) is 3.44. The molecule has 182 valence electrons. The average molecular weight is 468 g/mol. The maximum Gasteiger partial charge on any atom is 0.326 e. The highest BCUT2D eigenvalue weighted by Gasteiger charge is 2.39. The minimum absolute atomic E-state index is 0.142. The van der Waals surface area contributed by atoms with Crippen LogP contribution in [0.15, 0.2) is 12.5 Å². The average Bonchev–Trinajstić information content (AvgIpc) is 3.43. The second-order valence-corrected chi connectivity index (χ2v) is 7.80. The zero-order valence-corrected chi connectivity index (χ0v) is 17.9. The number of aromatic amines is 1. The summed E-state index contributed by atoms with van der Waals surface area (Å²) in [6, 6.07) is -5.23. The van der Waals surface area contributed by atoms with Crippen LogP contribution in [0.5, 0.6) is 0 Å². The second kappa shape index (κ2) is 11.4. The van der Waals surface area contributed by atoms with E-state index in [9.17, 15) is 34.2 Å². The predicted molar refractivity (Wildman–Crippen MR) is 110 cm³/mol. The number of carboxylic acid groups (broad SMARTS) is 2. The number of aliphatic hydroxyl groups is 1. The molecule has 0 aliphatic carbocycles. The van der Waals surface area contributed by atoms with Crippen LogP contribution in [0.4, 0.5) is 0 Å². The van der Waals surface area contributed by atoms with Gasteiger partial charge < -0.3 is 41.6 Å². The molecule has 5 unspecified atom stereocenters. The normalized spacial score (nSPS) is 19.2. The molecule has 14 nitrogen and oxygen atoms in total. The molecule has 14 heteroatoms. The molecule has 1 saturated heterocycles. The van der Waals surface area contributed by atoms with E-state index in [1.54, 1.807) is 0 Å². The third-order valence-corrected chi connectivity index (χ3v) is 5.25. The number of imidazole rings is 1. The van der Waals surface area contributed by atoms with Gasteiger partial charge in [-0.25, -0.2) is 9.78 Å². The number of nitrogens with two attached hydrogens (primary N) is 1. The Hall–Kier alpha value is -3.52. The number of carbonyl (C=O) groups excluding carboxylic acids is 3. The third kappa shape index (κ3) is 6.98. The van der Waals surface area contributed by atoms with Crippen LogP contribution in [0.2, 0.25) is 0 Å². The zero-order valence-electron chi connectivity index (χ0n) is 17.9. The van der Waals surface area contributed by atoms with Gasteiger partial charge in [0, 0.05) is 24.9 Å². The van der Waals surface area contributed by atoms with E-state index in [4.69, 9.17) is 10.8 Å². The number of hydrogen-bond donors (Lipinski definition) is 7. The molecular formula is C19H28N6O8. The highest BCUT2D eigenvalue weighted by molar-refractivity contribution is 5.96. The molecule has 0 radical (unpaired) electrons. The van der Waals surface area contributed by atoms with Crippen LogP contribution in [0.25, 0.3) is 0 Å². The molecule has 3 amide bonds. The number of hydrogen-bond acceptors (Lipinski definition) is 8. The summed E-state index contributed by atoms with van der Waals surface area (Å²) in [6.45, 7) is 1.54. The molecule has 0 bridgehead atoms. The van der Waals surface area contributed by atoms with Crippen molar-refractivity contribution in [2.45, 2.75) is 62.9 Å². The summed E-state index contributed by atoms with van der Waals surface area (Å²) in [6.07, 6.45) is 1.35. The molecule has 1 aliphatic heterocycles. The quantitative estimate of drug-likeness (QED) is 0.176. The molecular weight excluding hydrogens is 440 g/mol. The van der Waals surface area contributed by atoms with Crippen molar-refractivity contribution in [3.05, 3.63) is 18.2 Å². The van der Waals surface area contributed by atoms with Crippen molar-refractivity contribution in [3.63, 3.8) is 0 Å². The van der Waals surface area contributed by atoms with E-state index in [0.29, 0.717) is 12.1 Å². The van der Waals surface area contributed by atoms with E-state index in [0.717, 1.165) is 0 Å². The Kier molecular flexibility index (Phi) is 8.87. The smallest absolute Gasteiger partial charge is 0.326 e. The Morgan fingerprint density at radius 1 is 1.24 bits per heavy atom. The van der Waals surface area contributed by atoms with Crippen molar-refractivity contribution in [1.29, 1.82) is 0 Å². The van der Waals surface area contributed by atoms with Crippen LogP contribution in [0, 0.1) is 0 Å². The molecule has 2 rings (SSSR count). The van der Waals surface area contributed by atoms with Crippen molar-refractivity contribution >= 4 is 29.7 Å². The van der Waals surface area contributed by atoms with E-state index in [2.05, 4.69) is 20.6 Å². The first kappa shape index (κ1) is 25.7. The lowest BCUT2D eigenvalue weighted by atomic mass is 10.1. The number of H-pyrrole nitrogens is 1. The summed E-state index contributed by atoms with van der Waals surface area (Å²) in [5, 5.41) is 32.7. The summed E-state index contributed by atoms with van der Waals surface area (Å²) >= 11 is 0. The first-order valence-electron chi connectivity index (χ1n) is 10.3. The van der Waals surface area contributed by atoms with Gasteiger partial charge in [-0.3, -0.25) is 19.2 Å². The van der Waals surface area contributed by atoms with Crippen molar-refractivity contribution in [3.8, 4) is 0 Å². The summed E-state index contributed by atoms with van der Waals surface area (Å²) in [7, 11) is 0. The number of likely N-dealkylation sites (tertiary alicyclic amines) is 1. The van der Waals surface area contributed by atoms with Crippen molar-refractivity contribution in [2.24, 2.45) is 5.73 Å².